The predicted molar refractivity (Wildman–Crippen MR) is 134 cm³/mol. The van der Waals surface area contributed by atoms with Crippen molar-refractivity contribution in [3.8, 4) is 11.3 Å². The zero-order chi connectivity index (χ0) is 22.6. The Kier molecular flexibility index (Phi) is 6.17. The Morgan fingerprint density at radius 1 is 0.970 bits per heavy atom. The van der Waals surface area contributed by atoms with Gasteiger partial charge in [0.1, 0.15) is 6.54 Å². The molecule has 0 saturated carbocycles. The highest BCUT2D eigenvalue weighted by Crippen LogP contribution is 2.38. The minimum atomic E-state index is -0.132. The summed E-state index contributed by atoms with van der Waals surface area (Å²) in [6.45, 7) is 0.548. The number of carbonyl (C=O) groups excluding carboxylic acids is 2. The van der Waals surface area contributed by atoms with Gasteiger partial charge in [0, 0.05) is 23.4 Å². The molecule has 1 aliphatic heterocycles. The molecule has 1 aliphatic rings. The number of hydrogen-bond donors (Lipinski definition) is 2. The molecule has 4 aromatic rings. The summed E-state index contributed by atoms with van der Waals surface area (Å²) in [5.41, 5.74) is 5.53. The molecular formula is C27H25N3O2S. The van der Waals surface area contributed by atoms with Crippen molar-refractivity contribution in [3.63, 3.8) is 0 Å². The summed E-state index contributed by atoms with van der Waals surface area (Å²) in [4.78, 5) is 29.9. The third-order valence-corrected chi connectivity index (χ3v) is 6.97. The number of aromatic amines is 1. The van der Waals surface area contributed by atoms with E-state index in [1.165, 1.54) is 0 Å². The molecule has 5 nitrogen and oxygen atoms in total. The molecule has 1 aromatic heterocycles. The molecule has 0 spiro atoms. The van der Waals surface area contributed by atoms with Gasteiger partial charge in [-0.1, -0.05) is 78.9 Å². The Hall–Kier alpha value is -3.51. The molecule has 0 aliphatic carbocycles. The smallest absolute Gasteiger partial charge is 0.239 e. The molecule has 5 rings (SSSR count). The van der Waals surface area contributed by atoms with Crippen LogP contribution in [0.1, 0.15) is 17.0 Å². The van der Waals surface area contributed by atoms with E-state index in [1.807, 2.05) is 48.5 Å². The standard InChI is InChI=1S/C27H25N3O2S/c31-24(16-30-18-33-17-25(30)32)28-15-22(19-9-3-1-4-10-19)26-21-13-7-8-14-23(21)29-27(26)20-11-5-2-6-12-20/h1-14,22,29H,15-18H2,(H,28,31)/t22-/m0/s1. The van der Waals surface area contributed by atoms with Crippen LogP contribution in [0.2, 0.25) is 0 Å². The van der Waals surface area contributed by atoms with Crippen molar-refractivity contribution >= 4 is 34.5 Å². The monoisotopic (exact) mass is 455 g/mol. The number of H-pyrrole nitrogens is 1. The predicted octanol–water partition coefficient (Wildman–Crippen LogP) is 4.62. The molecule has 1 atom stereocenters. The van der Waals surface area contributed by atoms with Crippen LogP contribution in [-0.2, 0) is 9.59 Å². The van der Waals surface area contributed by atoms with Gasteiger partial charge in [0.05, 0.1) is 17.3 Å². The SMILES string of the molecule is O=C(CN1CSCC1=O)NC[C@@H](c1ccccc1)c1c(-c2ccccc2)[nH]c2ccccc12. The Bertz CT molecular complexity index is 1270. The third-order valence-electron chi connectivity index (χ3n) is 6.02. The number of carbonyl (C=O) groups is 2. The Morgan fingerprint density at radius 3 is 2.39 bits per heavy atom. The zero-order valence-electron chi connectivity index (χ0n) is 18.2. The molecule has 0 radical (unpaired) electrons. The summed E-state index contributed by atoms with van der Waals surface area (Å²) in [6, 6.07) is 28.9. The molecule has 166 valence electrons. The first kappa shape index (κ1) is 21.3. The minimum absolute atomic E-state index is 0.0257. The molecule has 1 saturated heterocycles. The van der Waals surface area contributed by atoms with Gasteiger partial charge in [0.2, 0.25) is 11.8 Å². The molecular weight excluding hydrogens is 430 g/mol. The number of amides is 2. The molecule has 6 heteroatoms. The summed E-state index contributed by atoms with van der Waals surface area (Å²) in [5, 5.41) is 4.25. The van der Waals surface area contributed by atoms with Gasteiger partial charge in [0.15, 0.2) is 0 Å². The number of para-hydroxylation sites is 1. The maximum absolute atomic E-state index is 12.7. The first-order valence-electron chi connectivity index (χ1n) is 11.0. The van der Waals surface area contributed by atoms with E-state index in [1.54, 1.807) is 16.7 Å². The molecule has 33 heavy (non-hydrogen) atoms. The van der Waals surface area contributed by atoms with Gasteiger partial charge in [-0.15, -0.1) is 11.8 Å². The van der Waals surface area contributed by atoms with E-state index in [4.69, 9.17) is 0 Å². The fourth-order valence-corrected chi connectivity index (χ4v) is 5.32. The van der Waals surface area contributed by atoms with Crippen LogP contribution in [0, 0.1) is 0 Å². The maximum Gasteiger partial charge on any atom is 0.239 e. The normalized spacial score (nSPS) is 14.5. The van der Waals surface area contributed by atoms with Gasteiger partial charge < -0.3 is 15.2 Å². The average molecular weight is 456 g/mol. The lowest BCUT2D eigenvalue weighted by Crippen LogP contribution is -2.39. The second-order valence-electron chi connectivity index (χ2n) is 8.16. The minimum Gasteiger partial charge on any atom is -0.354 e. The average Bonchev–Trinajstić information content (AvgIpc) is 3.44. The largest absolute Gasteiger partial charge is 0.354 e. The van der Waals surface area contributed by atoms with E-state index in [2.05, 4.69) is 46.7 Å². The van der Waals surface area contributed by atoms with Crippen molar-refractivity contribution in [1.29, 1.82) is 0 Å². The summed E-state index contributed by atoms with van der Waals surface area (Å²) < 4.78 is 0. The summed E-state index contributed by atoms with van der Waals surface area (Å²) >= 11 is 1.54. The van der Waals surface area contributed by atoms with E-state index in [9.17, 15) is 9.59 Å². The van der Waals surface area contributed by atoms with Crippen molar-refractivity contribution in [1.82, 2.24) is 15.2 Å². The van der Waals surface area contributed by atoms with Gasteiger partial charge in [-0.05, 0) is 22.8 Å². The maximum atomic E-state index is 12.7. The third kappa shape index (κ3) is 4.52. The van der Waals surface area contributed by atoms with Crippen molar-refractivity contribution in [2.24, 2.45) is 0 Å². The van der Waals surface area contributed by atoms with Crippen LogP contribution in [0.25, 0.3) is 22.2 Å². The van der Waals surface area contributed by atoms with E-state index in [-0.39, 0.29) is 24.3 Å². The number of nitrogens with zero attached hydrogens (tertiary/aromatic N) is 1. The highest BCUT2D eigenvalue weighted by Gasteiger charge is 2.26. The quantitative estimate of drug-likeness (QED) is 0.428. The van der Waals surface area contributed by atoms with Crippen LogP contribution in [0.4, 0.5) is 0 Å². The van der Waals surface area contributed by atoms with Crippen LogP contribution in [0.5, 0.6) is 0 Å². The van der Waals surface area contributed by atoms with E-state index in [0.717, 1.165) is 33.3 Å². The lowest BCUT2D eigenvalue weighted by molar-refractivity contribution is -0.132. The van der Waals surface area contributed by atoms with Crippen LogP contribution in [0.15, 0.2) is 84.9 Å². The fourth-order valence-electron chi connectivity index (χ4n) is 4.42. The van der Waals surface area contributed by atoms with Gasteiger partial charge in [-0.3, -0.25) is 9.59 Å². The number of aromatic nitrogens is 1. The van der Waals surface area contributed by atoms with Crippen molar-refractivity contribution in [2.75, 3.05) is 24.7 Å². The first-order chi connectivity index (χ1) is 16.2. The van der Waals surface area contributed by atoms with E-state index in [0.29, 0.717) is 18.2 Å². The van der Waals surface area contributed by atoms with Gasteiger partial charge >= 0.3 is 0 Å². The molecule has 2 heterocycles. The van der Waals surface area contributed by atoms with Crippen molar-refractivity contribution in [3.05, 3.63) is 96.1 Å². The second kappa shape index (κ2) is 9.55. The van der Waals surface area contributed by atoms with Crippen LogP contribution >= 0.6 is 11.8 Å². The number of fused-ring (bicyclic) bond motifs is 1. The lowest BCUT2D eigenvalue weighted by atomic mass is 9.87. The van der Waals surface area contributed by atoms with Crippen LogP contribution in [0.3, 0.4) is 0 Å². The van der Waals surface area contributed by atoms with Gasteiger partial charge in [0.25, 0.3) is 0 Å². The topological polar surface area (TPSA) is 65.2 Å². The Labute approximate surface area is 197 Å². The second-order valence-corrected chi connectivity index (χ2v) is 9.12. The Balaban J connectivity index is 1.52. The molecule has 2 amide bonds. The zero-order valence-corrected chi connectivity index (χ0v) is 19.0. The number of rotatable bonds is 7. The highest BCUT2D eigenvalue weighted by molar-refractivity contribution is 8.00. The summed E-state index contributed by atoms with van der Waals surface area (Å²) in [5.74, 6) is 0.876. The number of nitrogens with one attached hydrogen (secondary N) is 2. The van der Waals surface area contributed by atoms with Gasteiger partial charge in [-0.2, -0.15) is 0 Å². The van der Waals surface area contributed by atoms with Crippen molar-refractivity contribution < 1.29 is 9.59 Å². The molecule has 2 N–H and O–H groups in total. The first-order valence-corrected chi connectivity index (χ1v) is 12.2. The molecule has 1 fully saturated rings. The van der Waals surface area contributed by atoms with E-state index < -0.39 is 0 Å². The van der Waals surface area contributed by atoms with Gasteiger partial charge in [-0.25, -0.2) is 0 Å². The molecule has 0 unspecified atom stereocenters. The summed E-state index contributed by atoms with van der Waals surface area (Å²) in [7, 11) is 0. The Morgan fingerprint density at radius 2 is 1.67 bits per heavy atom. The molecule has 0 bridgehead atoms. The summed E-state index contributed by atoms with van der Waals surface area (Å²) in [6.07, 6.45) is 0. The van der Waals surface area contributed by atoms with Crippen LogP contribution < -0.4 is 5.32 Å². The van der Waals surface area contributed by atoms with E-state index >= 15 is 0 Å². The van der Waals surface area contributed by atoms with Crippen LogP contribution in [-0.4, -0.2) is 46.4 Å². The highest BCUT2D eigenvalue weighted by atomic mass is 32.2. The number of thioether (sulfide) groups is 1. The number of benzene rings is 3. The lowest BCUT2D eigenvalue weighted by Gasteiger charge is -2.21. The number of hydrogen-bond acceptors (Lipinski definition) is 3. The fraction of sp³-hybridized carbons (Fsp3) is 0.185. The molecule has 3 aromatic carbocycles. The van der Waals surface area contributed by atoms with Crippen molar-refractivity contribution in [2.45, 2.75) is 5.92 Å².